The van der Waals surface area contributed by atoms with Crippen LogP contribution in [0.4, 0.5) is 5.69 Å². The van der Waals surface area contributed by atoms with Crippen molar-refractivity contribution in [3.8, 4) is 11.6 Å². The van der Waals surface area contributed by atoms with Crippen LogP contribution in [0.3, 0.4) is 0 Å². The molecule has 0 radical (unpaired) electrons. The predicted octanol–water partition coefficient (Wildman–Crippen LogP) is 3.41. The molecule has 0 aliphatic rings. The monoisotopic (exact) mass is 271 g/mol. The molecule has 90 valence electrons. The van der Waals surface area contributed by atoms with Crippen molar-refractivity contribution in [2.45, 2.75) is 6.92 Å². The molecule has 1 aromatic heterocycles. The number of benzene rings is 1. The normalized spacial score (nSPS) is 10.6. The zero-order chi connectivity index (χ0) is 12.6. The number of anilines is 1. The average molecular weight is 272 g/mol. The fraction of sp³-hybridized carbons (Fsp3) is 0.182. The molecule has 0 bridgehead atoms. The number of halogens is 2. The highest BCUT2D eigenvalue weighted by Crippen LogP contribution is 2.38. The van der Waals surface area contributed by atoms with Crippen LogP contribution in [0.1, 0.15) is 5.69 Å². The Hall–Kier alpha value is -1.39. The molecule has 1 heterocycles. The molecule has 0 spiro atoms. The lowest BCUT2D eigenvalue weighted by atomic mass is 10.3. The molecular formula is C11H11Cl2N3O. The Kier molecular flexibility index (Phi) is 3.17. The molecule has 17 heavy (non-hydrogen) atoms. The van der Waals surface area contributed by atoms with Crippen molar-refractivity contribution in [2.24, 2.45) is 7.05 Å². The third kappa shape index (κ3) is 2.48. The first-order chi connectivity index (χ1) is 7.97. The van der Waals surface area contributed by atoms with Gasteiger partial charge in [-0.15, -0.1) is 0 Å². The molecule has 0 amide bonds. The van der Waals surface area contributed by atoms with Crippen LogP contribution in [-0.4, -0.2) is 9.78 Å². The van der Waals surface area contributed by atoms with Gasteiger partial charge >= 0.3 is 0 Å². The number of hydrogen-bond donors (Lipinski definition) is 1. The van der Waals surface area contributed by atoms with Gasteiger partial charge in [0.1, 0.15) is 0 Å². The lowest BCUT2D eigenvalue weighted by molar-refractivity contribution is 0.431. The van der Waals surface area contributed by atoms with Gasteiger partial charge in [0, 0.05) is 18.8 Å². The zero-order valence-electron chi connectivity index (χ0n) is 9.37. The maximum atomic E-state index is 6.02. The molecule has 2 aromatic rings. The summed E-state index contributed by atoms with van der Waals surface area (Å²) in [5.41, 5.74) is 6.96. The topological polar surface area (TPSA) is 53.1 Å². The van der Waals surface area contributed by atoms with Gasteiger partial charge in [0.2, 0.25) is 5.88 Å². The van der Waals surface area contributed by atoms with Gasteiger partial charge in [-0.1, -0.05) is 23.2 Å². The summed E-state index contributed by atoms with van der Waals surface area (Å²) >= 11 is 12.0. The van der Waals surface area contributed by atoms with Crippen molar-refractivity contribution in [1.29, 1.82) is 0 Å². The number of nitrogens with zero attached hydrogens (tertiary/aromatic N) is 2. The molecule has 6 heteroatoms. The Morgan fingerprint density at radius 1 is 1.24 bits per heavy atom. The minimum absolute atomic E-state index is 0.369. The third-order valence-corrected chi connectivity index (χ3v) is 2.75. The van der Waals surface area contributed by atoms with Gasteiger partial charge < -0.3 is 10.5 Å². The number of aryl methyl sites for hydroxylation is 2. The number of nitrogen functional groups attached to an aromatic ring is 1. The van der Waals surface area contributed by atoms with Crippen LogP contribution in [0.5, 0.6) is 11.6 Å². The molecule has 0 saturated heterocycles. The molecule has 1 aromatic carbocycles. The second kappa shape index (κ2) is 4.47. The standard InChI is InChI=1S/C11H11Cl2N3O/c1-6-3-10(16(2)15-6)17-11-8(12)4-7(14)5-9(11)13/h3-5H,14H2,1-2H3. The van der Waals surface area contributed by atoms with Crippen LogP contribution >= 0.6 is 23.2 Å². The van der Waals surface area contributed by atoms with Gasteiger partial charge in [-0.2, -0.15) is 5.10 Å². The van der Waals surface area contributed by atoms with Crippen LogP contribution in [0.15, 0.2) is 18.2 Å². The Morgan fingerprint density at radius 3 is 2.29 bits per heavy atom. The Balaban J connectivity index is 2.39. The van der Waals surface area contributed by atoms with Crippen molar-refractivity contribution in [2.75, 3.05) is 5.73 Å². The van der Waals surface area contributed by atoms with E-state index in [1.165, 1.54) is 0 Å². The summed E-state index contributed by atoms with van der Waals surface area (Å²) in [5.74, 6) is 0.946. The molecule has 0 atom stereocenters. The highest BCUT2D eigenvalue weighted by Gasteiger charge is 2.12. The van der Waals surface area contributed by atoms with E-state index >= 15 is 0 Å². The van der Waals surface area contributed by atoms with Gasteiger partial charge in [0.25, 0.3) is 0 Å². The molecular weight excluding hydrogens is 261 g/mol. The zero-order valence-corrected chi connectivity index (χ0v) is 10.9. The maximum Gasteiger partial charge on any atom is 0.217 e. The van der Waals surface area contributed by atoms with E-state index in [1.54, 1.807) is 29.9 Å². The van der Waals surface area contributed by atoms with Crippen LogP contribution in [-0.2, 0) is 7.05 Å². The highest BCUT2D eigenvalue weighted by atomic mass is 35.5. The SMILES string of the molecule is Cc1cc(Oc2c(Cl)cc(N)cc2Cl)n(C)n1. The van der Waals surface area contributed by atoms with Crippen molar-refractivity contribution in [3.05, 3.63) is 33.9 Å². The van der Waals surface area contributed by atoms with Crippen LogP contribution in [0.2, 0.25) is 10.0 Å². The summed E-state index contributed by atoms with van der Waals surface area (Å²) in [6.07, 6.45) is 0. The van der Waals surface area contributed by atoms with E-state index in [4.69, 9.17) is 33.7 Å². The van der Waals surface area contributed by atoms with E-state index < -0.39 is 0 Å². The number of rotatable bonds is 2. The minimum atomic E-state index is 0.369. The second-order valence-electron chi connectivity index (χ2n) is 3.66. The highest BCUT2D eigenvalue weighted by molar-refractivity contribution is 6.37. The smallest absolute Gasteiger partial charge is 0.217 e. The van der Waals surface area contributed by atoms with Crippen molar-refractivity contribution < 1.29 is 4.74 Å². The quantitative estimate of drug-likeness (QED) is 0.852. The van der Waals surface area contributed by atoms with Gasteiger partial charge in [-0.3, -0.25) is 0 Å². The number of ether oxygens (including phenoxy) is 1. The summed E-state index contributed by atoms with van der Waals surface area (Å²) in [4.78, 5) is 0. The maximum absolute atomic E-state index is 6.02. The van der Waals surface area contributed by atoms with Gasteiger partial charge in [0.05, 0.1) is 15.7 Å². The van der Waals surface area contributed by atoms with E-state index in [9.17, 15) is 0 Å². The van der Waals surface area contributed by atoms with Gasteiger partial charge in [-0.05, 0) is 19.1 Å². The number of nitrogens with two attached hydrogens (primary N) is 1. The van der Waals surface area contributed by atoms with Crippen molar-refractivity contribution >= 4 is 28.9 Å². The second-order valence-corrected chi connectivity index (χ2v) is 4.48. The lowest BCUT2D eigenvalue weighted by Gasteiger charge is -2.09. The van der Waals surface area contributed by atoms with Crippen LogP contribution in [0.25, 0.3) is 0 Å². The molecule has 0 aliphatic heterocycles. The van der Waals surface area contributed by atoms with Crippen molar-refractivity contribution in [1.82, 2.24) is 9.78 Å². The van der Waals surface area contributed by atoms with Gasteiger partial charge in [-0.25, -0.2) is 4.68 Å². The number of aromatic nitrogens is 2. The fourth-order valence-electron chi connectivity index (χ4n) is 1.46. The van der Waals surface area contributed by atoms with Crippen molar-refractivity contribution in [3.63, 3.8) is 0 Å². The van der Waals surface area contributed by atoms with Crippen LogP contribution in [0, 0.1) is 6.92 Å². The molecule has 0 saturated carbocycles. The largest absolute Gasteiger partial charge is 0.436 e. The van der Waals surface area contributed by atoms with E-state index in [2.05, 4.69) is 5.10 Å². The fourth-order valence-corrected chi connectivity index (χ4v) is 2.05. The first-order valence-electron chi connectivity index (χ1n) is 4.90. The average Bonchev–Trinajstić information content (AvgIpc) is 2.51. The molecule has 0 aliphatic carbocycles. The molecule has 0 unspecified atom stereocenters. The summed E-state index contributed by atoms with van der Waals surface area (Å²) in [6, 6.07) is 4.97. The van der Waals surface area contributed by atoms with E-state index in [0.717, 1.165) is 5.69 Å². The molecule has 0 fully saturated rings. The summed E-state index contributed by atoms with van der Waals surface area (Å²) in [5, 5.41) is 4.90. The lowest BCUT2D eigenvalue weighted by Crippen LogP contribution is -1.96. The minimum Gasteiger partial charge on any atom is -0.436 e. The third-order valence-electron chi connectivity index (χ3n) is 2.19. The summed E-state index contributed by atoms with van der Waals surface area (Å²) in [6.45, 7) is 1.87. The first kappa shape index (κ1) is 12.1. The number of hydrogen-bond acceptors (Lipinski definition) is 3. The van der Waals surface area contributed by atoms with E-state index in [1.807, 2.05) is 6.92 Å². The van der Waals surface area contributed by atoms with Crippen LogP contribution < -0.4 is 10.5 Å². The summed E-state index contributed by atoms with van der Waals surface area (Å²) < 4.78 is 7.24. The van der Waals surface area contributed by atoms with E-state index in [-0.39, 0.29) is 0 Å². The summed E-state index contributed by atoms with van der Waals surface area (Å²) in [7, 11) is 1.78. The van der Waals surface area contributed by atoms with Gasteiger partial charge in [0.15, 0.2) is 5.75 Å². The molecule has 2 rings (SSSR count). The Labute approximate surface area is 109 Å². The first-order valence-corrected chi connectivity index (χ1v) is 5.66. The molecule has 2 N–H and O–H groups in total. The predicted molar refractivity (Wildman–Crippen MR) is 68.9 cm³/mol. The molecule has 4 nitrogen and oxygen atoms in total. The Bertz CT molecular complexity index is 543. The Morgan fingerprint density at radius 2 is 1.82 bits per heavy atom. The van der Waals surface area contributed by atoms with E-state index in [0.29, 0.717) is 27.4 Å².